The van der Waals surface area contributed by atoms with Gasteiger partial charge in [-0.3, -0.25) is 0 Å². The first-order valence-electron chi connectivity index (χ1n) is 3.90. The third-order valence-electron chi connectivity index (χ3n) is 1.83. The third kappa shape index (κ3) is 2.17. The normalized spacial score (nSPS) is 11.6. The van der Waals surface area contributed by atoms with Crippen LogP contribution in [-0.4, -0.2) is 13.0 Å². The Morgan fingerprint density at radius 3 is 2.50 bits per heavy atom. The number of anilines is 1. The molecule has 0 aliphatic carbocycles. The van der Waals surface area contributed by atoms with Crippen LogP contribution in [0.2, 0.25) is 5.02 Å². The van der Waals surface area contributed by atoms with Crippen molar-refractivity contribution in [3.05, 3.63) is 22.7 Å². The molecule has 0 aliphatic heterocycles. The summed E-state index contributed by atoms with van der Waals surface area (Å²) in [6, 6.07) is 2.51. The molecule has 0 radical (unpaired) electrons. The predicted molar refractivity (Wildman–Crippen MR) is 53.2 cm³/mol. The minimum atomic E-state index is -4.54. The summed E-state index contributed by atoms with van der Waals surface area (Å²) in [6.07, 6.45) is 0.627. The number of halogens is 1. The number of hydrogen-bond acceptors (Lipinski definition) is 4. The van der Waals surface area contributed by atoms with Gasteiger partial charge in [-0.15, -0.1) is 0 Å². The van der Waals surface area contributed by atoms with E-state index in [1.165, 1.54) is 6.07 Å². The predicted octanol–water partition coefficient (Wildman–Crippen LogP) is 1.39. The second-order valence-electron chi connectivity index (χ2n) is 2.79. The van der Waals surface area contributed by atoms with Crippen molar-refractivity contribution in [3.63, 3.8) is 0 Å². The summed E-state index contributed by atoms with van der Waals surface area (Å²) < 4.78 is 32.1. The molecule has 0 atom stereocenters. The van der Waals surface area contributed by atoms with Crippen molar-refractivity contribution < 1.29 is 13.0 Å². The van der Waals surface area contributed by atoms with Crippen LogP contribution in [-0.2, 0) is 16.5 Å². The van der Waals surface area contributed by atoms with Crippen molar-refractivity contribution in [2.75, 3.05) is 5.73 Å². The Labute approximate surface area is 87.4 Å². The Morgan fingerprint density at radius 2 is 2.07 bits per heavy atom. The Morgan fingerprint density at radius 1 is 1.50 bits per heavy atom. The van der Waals surface area contributed by atoms with E-state index in [4.69, 9.17) is 17.3 Å². The zero-order valence-corrected chi connectivity index (χ0v) is 9.02. The highest BCUT2D eigenvalue weighted by Gasteiger charge is 2.10. The van der Waals surface area contributed by atoms with Crippen LogP contribution < -0.4 is 5.73 Å². The van der Waals surface area contributed by atoms with Crippen molar-refractivity contribution in [3.8, 4) is 0 Å². The van der Waals surface area contributed by atoms with E-state index in [0.29, 0.717) is 6.42 Å². The zero-order chi connectivity index (χ0) is 10.9. The van der Waals surface area contributed by atoms with Crippen LogP contribution in [0.4, 0.5) is 5.69 Å². The molecule has 0 amide bonds. The van der Waals surface area contributed by atoms with Gasteiger partial charge in [0.15, 0.2) is 0 Å². The van der Waals surface area contributed by atoms with Crippen molar-refractivity contribution in [1.82, 2.24) is 0 Å². The largest absolute Gasteiger partial charge is 0.744 e. The first kappa shape index (κ1) is 11.3. The van der Waals surface area contributed by atoms with Gasteiger partial charge >= 0.3 is 0 Å². The standard InChI is InChI=1S/C8H10ClNO3S/c1-2-5-3-7(10)8(4-6(5)9)14(11,12)13/h3-4H,2,10H2,1H3,(H,11,12,13)/p-1. The molecule has 0 fully saturated rings. The Kier molecular flexibility index (Phi) is 3.04. The quantitative estimate of drug-likeness (QED) is 0.619. The summed E-state index contributed by atoms with van der Waals surface area (Å²) in [4.78, 5) is -0.459. The molecule has 2 N–H and O–H groups in total. The SMILES string of the molecule is CCc1cc(N)c(S(=O)(=O)[O-])cc1Cl. The van der Waals surface area contributed by atoms with Gasteiger partial charge in [0.1, 0.15) is 10.1 Å². The minimum Gasteiger partial charge on any atom is -0.744 e. The fourth-order valence-electron chi connectivity index (χ4n) is 1.11. The smallest absolute Gasteiger partial charge is 0.126 e. The van der Waals surface area contributed by atoms with Crippen LogP contribution >= 0.6 is 11.6 Å². The average Bonchev–Trinajstić information content (AvgIpc) is 2.06. The van der Waals surface area contributed by atoms with E-state index in [9.17, 15) is 13.0 Å². The summed E-state index contributed by atoms with van der Waals surface area (Å²) in [5.74, 6) is 0. The maximum atomic E-state index is 10.7. The van der Waals surface area contributed by atoms with Crippen molar-refractivity contribution in [2.24, 2.45) is 0 Å². The van der Waals surface area contributed by atoms with Crippen molar-refractivity contribution in [1.29, 1.82) is 0 Å². The summed E-state index contributed by atoms with van der Waals surface area (Å²) in [5, 5.41) is 0.246. The summed E-state index contributed by atoms with van der Waals surface area (Å²) in [5.41, 5.74) is 6.08. The molecule has 0 saturated carbocycles. The lowest BCUT2D eigenvalue weighted by Crippen LogP contribution is -2.04. The van der Waals surface area contributed by atoms with Gasteiger partial charge in [-0.25, -0.2) is 8.42 Å². The molecular weight excluding hydrogens is 226 g/mol. The summed E-state index contributed by atoms with van der Waals surface area (Å²) in [6.45, 7) is 1.85. The molecular formula is C8H9ClNO3S-. The fourth-order valence-corrected chi connectivity index (χ4v) is 2.08. The Bertz CT molecular complexity index is 456. The summed E-state index contributed by atoms with van der Waals surface area (Å²) in [7, 11) is -4.54. The molecule has 0 bridgehead atoms. The topological polar surface area (TPSA) is 83.2 Å². The van der Waals surface area contributed by atoms with E-state index in [-0.39, 0.29) is 10.7 Å². The van der Waals surface area contributed by atoms with Crippen molar-refractivity contribution >= 4 is 27.4 Å². The molecule has 0 unspecified atom stereocenters. The van der Waals surface area contributed by atoms with E-state index in [0.717, 1.165) is 11.6 Å². The lowest BCUT2D eigenvalue weighted by molar-refractivity contribution is 0.463. The molecule has 1 aromatic rings. The number of hydrogen-bond donors (Lipinski definition) is 1. The summed E-state index contributed by atoms with van der Waals surface area (Å²) >= 11 is 5.75. The van der Waals surface area contributed by atoms with E-state index >= 15 is 0 Å². The van der Waals surface area contributed by atoms with E-state index < -0.39 is 15.0 Å². The molecule has 0 heterocycles. The molecule has 1 aromatic carbocycles. The molecule has 0 saturated heterocycles. The minimum absolute atomic E-state index is 0.0544. The molecule has 0 spiro atoms. The second-order valence-corrected chi connectivity index (χ2v) is 4.54. The molecule has 0 aliphatic rings. The van der Waals surface area contributed by atoms with E-state index in [1.807, 2.05) is 6.92 Å². The van der Waals surface area contributed by atoms with Crippen LogP contribution in [0.15, 0.2) is 17.0 Å². The maximum absolute atomic E-state index is 10.7. The fraction of sp³-hybridized carbons (Fsp3) is 0.250. The monoisotopic (exact) mass is 234 g/mol. The Hall–Kier alpha value is -0.780. The second kappa shape index (κ2) is 3.76. The number of nitrogen functional groups attached to an aromatic ring is 1. The molecule has 6 heteroatoms. The van der Waals surface area contributed by atoms with Gasteiger partial charge in [0.25, 0.3) is 0 Å². The first-order chi connectivity index (χ1) is 6.36. The van der Waals surface area contributed by atoms with E-state index in [1.54, 1.807) is 0 Å². The van der Waals surface area contributed by atoms with Gasteiger partial charge < -0.3 is 10.3 Å². The van der Waals surface area contributed by atoms with Gasteiger partial charge in [0.05, 0.1) is 4.90 Å². The van der Waals surface area contributed by atoms with Gasteiger partial charge in [0.2, 0.25) is 0 Å². The van der Waals surface area contributed by atoms with Gasteiger partial charge in [0, 0.05) is 10.7 Å². The highest BCUT2D eigenvalue weighted by Crippen LogP contribution is 2.26. The molecule has 4 nitrogen and oxygen atoms in total. The van der Waals surface area contributed by atoms with Crippen LogP contribution in [0.25, 0.3) is 0 Å². The molecule has 78 valence electrons. The van der Waals surface area contributed by atoms with E-state index in [2.05, 4.69) is 0 Å². The van der Waals surface area contributed by atoms with Crippen LogP contribution in [0.3, 0.4) is 0 Å². The lowest BCUT2D eigenvalue weighted by Gasteiger charge is -2.12. The molecule has 1 rings (SSSR count). The number of aryl methyl sites for hydroxylation is 1. The van der Waals surface area contributed by atoms with Gasteiger partial charge in [-0.2, -0.15) is 0 Å². The zero-order valence-electron chi connectivity index (χ0n) is 7.45. The first-order valence-corrected chi connectivity index (χ1v) is 5.68. The van der Waals surface area contributed by atoms with Crippen LogP contribution in [0, 0.1) is 0 Å². The lowest BCUT2D eigenvalue weighted by atomic mass is 10.1. The average molecular weight is 235 g/mol. The van der Waals surface area contributed by atoms with Crippen molar-refractivity contribution in [2.45, 2.75) is 18.2 Å². The highest BCUT2D eigenvalue weighted by atomic mass is 35.5. The molecule has 14 heavy (non-hydrogen) atoms. The number of nitrogens with two attached hydrogens (primary N) is 1. The molecule has 0 aromatic heterocycles. The number of rotatable bonds is 2. The van der Waals surface area contributed by atoms with Gasteiger partial charge in [-0.1, -0.05) is 18.5 Å². The third-order valence-corrected chi connectivity index (χ3v) is 3.07. The van der Waals surface area contributed by atoms with Crippen LogP contribution in [0.5, 0.6) is 0 Å². The maximum Gasteiger partial charge on any atom is 0.126 e. The van der Waals surface area contributed by atoms with Gasteiger partial charge in [-0.05, 0) is 24.1 Å². The number of benzene rings is 1. The highest BCUT2D eigenvalue weighted by molar-refractivity contribution is 7.86. The Balaban J connectivity index is 3.44. The van der Waals surface area contributed by atoms with Crippen LogP contribution in [0.1, 0.15) is 12.5 Å².